The highest BCUT2D eigenvalue weighted by molar-refractivity contribution is 6.35. The van der Waals surface area contributed by atoms with Gasteiger partial charge in [-0.1, -0.05) is 35.3 Å². The zero-order valence-electron chi connectivity index (χ0n) is 17.8. The van der Waals surface area contributed by atoms with Crippen molar-refractivity contribution < 1.29 is 38.5 Å². The fraction of sp³-hybridized carbons (Fsp3) is 0.0909. The molecule has 3 aromatic rings. The number of benzene rings is 2. The fourth-order valence-electron chi connectivity index (χ4n) is 3.11. The lowest BCUT2D eigenvalue weighted by Gasteiger charge is -2.17. The smallest absolute Gasteiger partial charge is 0.322 e. The number of aromatic nitrogens is 1. The molecule has 0 fully saturated rings. The maximum Gasteiger partial charge on any atom is 0.322 e. The van der Waals surface area contributed by atoms with Crippen LogP contribution in [0.15, 0.2) is 41.2 Å². The van der Waals surface area contributed by atoms with Crippen molar-refractivity contribution >= 4 is 46.7 Å². The lowest BCUT2D eigenvalue weighted by atomic mass is 10.1. The minimum atomic E-state index is -1.47. The van der Waals surface area contributed by atoms with Crippen molar-refractivity contribution in [3.63, 3.8) is 0 Å². The number of nitrogens with zero attached hydrogens (tertiary/aromatic N) is 1. The fourth-order valence-corrected chi connectivity index (χ4v) is 3.58. The number of carbonyl (C=O) groups is 3. The summed E-state index contributed by atoms with van der Waals surface area (Å²) in [5.41, 5.74) is -3.97. The number of carboxylic acids is 1. The van der Waals surface area contributed by atoms with E-state index in [0.717, 1.165) is 18.2 Å². The van der Waals surface area contributed by atoms with Crippen LogP contribution in [0.4, 0.5) is 14.5 Å². The number of nitrogens with one attached hydrogen (secondary N) is 2. The average Bonchev–Trinajstić information content (AvgIpc) is 2.79. The van der Waals surface area contributed by atoms with Gasteiger partial charge in [0.1, 0.15) is 17.7 Å². The van der Waals surface area contributed by atoms with E-state index in [0.29, 0.717) is 4.57 Å². The van der Waals surface area contributed by atoms with E-state index in [2.05, 4.69) is 0 Å². The lowest BCUT2D eigenvalue weighted by Crippen LogP contribution is -2.35. The molecule has 36 heavy (non-hydrogen) atoms. The standard InChI is InChI=1S/C22H15Cl2F2N3O7/c23-10-5-4-9(11(24)6-10)8-29-21(35)15(19(33)27-7-14(30)31)18(32)16(22(29)36)20(34)28-13-3-1-2-12(25)17(13)26/h1-6,32,35H,7-8H2,(H,27,33)(H,28,34)(H,30,31). The van der Waals surface area contributed by atoms with Crippen LogP contribution in [0.2, 0.25) is 10.0 Å². The van der Waals surface area contributed by atoms with Gasteiger partial charge in [-0.15, -0.1) is 0 Å². The Morgan fingerprint density at radius 3 is 2.33 bits per heavy atom. The molecule has 2 amide bonds. The maximum atomic E-state index is 14.0. The predicted octanol–water partition coefficient (Wildman–Crippen LogP) is 2.96. The summed E-state index contributed by atoms with van der Waals surface area (Å²) in [6, 6.07) is 6.93. The van der Waals surface area contributed by atoms with Crippen LogP contribution in [0.3, 0.4) is 0 Å². The van der Waals surface area contributed by atoms with E-state index in [1.807, 2.05) is 10.6 Å². The normalized spacial score (nSPS) is 10.7. The molecule has 0 aliphatic carbocycles. The molecule has 3 rings (SSSR count). The summed E-state index contributed by atoms with van der Waals surface area (Å²) in [5, 5.41) is 34.1. The molecule has 0 aliphatic rings. The van der Waals surface area contributed by atoms with Gasteiger partial charge in [0.05, 0.1) is 12.2 Å². The zero-order valence-corrected chi connectivity index (χ0v) is 19.3. The Balaban J connectivity index is 2.19. The highest BCUT2D eigenvalue weighted by Gasteiger charge is 2.30. The molecule has 0 saturated carbocycles. The Morgan fingerprint density at radius 2 is 1.69 bits per heavy atom. The molecule has 188 valence electrons. The number of pyridine rings is 1. The minimum Gasteiger partial charge on any atom is -0.506 e. The molecule has 0 spiro atoms. The Kier molecular flexibility index (Phi) is 7.80. The van der Waals surface area contributed by atoms with Crippen molar-refractivity contribution in [1.82, 2.24) is 9.88 Å². The molecule has 0 bridgehead atoms. The predicted molar refractivity (Wildman–Crippen MR) is 124 cm³/mol. The quantitative estimate of drug-likeness (QED) is 0.307. The van der Waals surface area contributed by atoms with Gasteiger partial charge in [0.15, 0.2) is 17.4 Å². The number of amides is 2. The molecule has 14 heteroatoms. The number of aromatic hydroxyl groups is 2. The number of hydrogen-bond donors (Lipinski definition) is 5. The van der Waals surface area contributed by atoms with Crippen LogP contribution < -0.4 is 16.2 Å². The van der Waals surface area contributed by atoms with Crippen LogP contribution in [0.25, 0.3) is 0 Å². The van der Waals surface area contributed by atoms with Gasteiger partial charge in [-0.05, 0) is 29.8 Å². The highest BCUT2D eigenvalue weighted by Crippen LogP contribution is 2.31. The SMILES string of the molecule is O=C(O)CNC(=O)c1c(O)c(C(=O)Nc2cccc(F)c2F)c(=O)n(Cc2ccc(Cl)cc2Cl)c1O. The first-order chi connectivity index (χ1) is 16.9. The molecular formula is C22H15Cl2F2N3O7. The van der Waals surface area contributed by atoms with Crippen molar-refractivity contribution in [3.8, 4) is 11.6 Å². The Bertz CT molecular complexity index is 1460. The third-order valence-electron chi connectivity index (χ3n) is 4.81. The second kappa shape index (κ2) is 10.6. The van der Waals surface area contributed by atoms with Crippen molar-refractivity contribution in [2.45, 2.75) is 6.54 Å². The van der Waals surface area contributed by atoms with E-state index in [9.17, 15) is 38.2 Å². The molecule has 0 unspecified atom stereocenters. The van der Waals surface area contributed by atoms with Gasteiger partial charge < -0.3 is 26.0 Å². The number of rotatable bonds is 7. The number of hydrogen-bond acceptors (Lipinski definition) is 6. The molecule has 10 nitrogen and oxygen atoms in total. The third kappa shape index (κ3) is 5.39. The van der Waals surface area contributed by atoms with Crippen molar-refractivity contribution in [2.24, 2.45) is 0 Å². The van der Waals surface area contributed by atoms with Crippen LogP contribution in [-0.2, 0) is 11.3 Å². The summed E-state index contributed by atoms with van der Waals surface area (Å²) in [5.74, 6) is -9.50. The Morgan fingerprint density at radius 1 is 1.00 bits per heavy atom. The third-order valence-corrected chi connectivity index (χ3v) is 5.40. The van der Waals surface area contributed by atoms with Gasteiger partial charge >= 0.3 is 5.97 Å². The summed E-state index contributed by atoms with van der Waals surface area (Å²) >= 11 is 12.0. The first-order valence-corrected chi connectivity index (χ1v) is 10.6. The van der Waals surface area contributed by atoms with Crippen molar-refractivity contribution in [1.29, 1.82) is 0 Å². The minimum absolute atomic E-state index is 0.0478. The molecule has 1 aromatic heterocycles. The molecule has 1 heterocycles. The first kappa shape index (κ1) is 26.4. The molecule has 0 aliphatic heterocycles. The average molecular weight is 542 g/mol. The van der Waals surface area contributed by atoms with Crippen molar-refractivity contribution in [3.05, 3.63) is 85.1 Å². The van der Waals surface area contributed by atoms with Gasteiger partial charge in [0.25, 0.3) is 17.4 Å². The summed E-state index contributed by atoms with van der Waals surface area (Å²) in [7, 11) is 0. The highest BCUT2D eigenvalue weighted by atomic mass is 35.5. The van der Waals surface area contributed by atoms with E-state index >= 15 is 0 Å². The first-order valence-electron chi connectivity index (χ1n) is 9.80. The van der Waals surface area contributed by atoms with Gasteiger partial charge in [0, 0.05) is 10.0 Å². The summed E-state index contributed by atoms with van der Waals surface area (Å²) in [6.07, 6.45) is 0. The van der Waals surface area contributed by atoms with E-state index in [-0.39, 0.29) is 15.6 Å². The van der Waals surface area contributed by atoms with Crippen LogP contribution in [0.1, 0.15) is 26.3 Å². The lowest BCUT2D eigenvalue weighted by molar-refractivity contribution is -0.135. The number of aliphatic carboxylic acids is 1. The van der Waals surface area contributed by atoms with Gasteiger partial charge in [-0.25, -0.2) is 8.78 Å². The number of carbonyl (C=O) groups excluding carboxylic acids is 2. The van der Waals surface area contributed by atoms with Gasteiger partial charge in [-0.2, -0.15) is 0 Å². The number of carboxylic acid groups (broad SMARTS) is 1. The number of halogens is 4. The van der Waals surface area contributed by atoms with Gasteiger partial charge in [0.2, 0.25) is 5.88 Å². The van der Waals surface area contributed by atoms with E-state index in [1.54, 1.807) is 0 Å². The van der Waals surface area contributed by atoms with Crippen LogP contribution in [-0.4, -0.2) is 44.2 Å². The monoisotopic (exact) mass is 541 g/mol. The van der Waals surface area contributed by atoms with E-state index in [4.69, 9.17) is 28.3 Å². The Hall–Kier alpha value is -4.16. The molecule has 0 saturated heterocycles. The molecule has 0 radical (unpaired) electrons. The molecule has 5 N–H and O–H groups in total. The second-order valence-corrected chi connectivity index (χ2v) is 8.02. The zero-order chi connectivity index (χ0) is 26.7. The van der Waals surface area contributed by atoms with Gasteiger partial charge in [-0.3, -0.25) is 23.7 Å². The Labute approximate surface area is 210 Å². The molecule has 0 atom stereocenters. The second-order valence-electron chi connectivity index (χ2n) is 7.18. The van der Waals surface area contributed by atoms with Crippen molar-refractivity contribution in [2.75, 3.05) is 11.9 Å². The van der Waals surface area contributed by atoms with E-state index < -0.39 is 76.5 Å². The summed E-state index contributed by atoms with van der Waals surface area (Å²) in [4.78, 5) is 49.4. The maximum absolute atomic E-state index is 14.0. The summed E-state index contributed by atoms with van der Waals surface area (Å²) in [6.45, 7) is -1.47. The number of anilines is 1. The molecule has 2 aromatic carbocycles. The molecular weight excluding hydrogens is 527 g/mol. The van der Waals surface area contributed by atoms with Crippen LogP contribution >= 0.6 is 23.2 Å². The van der Waals surface area contributed by atoms with E-state index in [1.165, 1.54) is 18.2 Å². The largest absolute Gasteiger partial charge is 0.506 e. The van der Waals surface area contributed by atoms with Crippen LogP contribution in [0, 0.1) is 11.6 Å². The van der Waals surface area contributed by atoms with Crippen LogP contribution in [0.5, 0.6) is 11.6 Å². The topological polar surface area (TPSA) is 158 Å². The summed E-state index contributed by atoms with van der Waals surface area (Å²) < 4.78 is 28.1.